The van der Waals surface area contributed by atoms with Crippen LogP contribution in [0.1, 0.15) is 33.6 Å². The van der Waals surface area contributed by atoms with Gasteiger partial charge in [-0.05, 0) is 23.3 Å². The zero-order valence-electron chi connectivity index (χ0n) is 17.4. The lowest BCUT2D eigenvalue weighted by atomic mass is 10.1. The molecule has 1 amide bonds. The Morgan fingerprint density at radius 1 is 0.882 bits per heavy atom. The van der Waals surface area contributed by atoms with Crippen LogP contribution in [0.3, 0.4) is 0 Å². The van der Waals surface area contributed by atoms with Gasteiger partial charge in [-0.15, -0.1) is 0 Å². The zero-order chi connectivity index (χ0) is 24.0. The third-order valence-electron chi connectivity index (χ3n) is 5.88. The highest BCUT2D eigenvalue weighted by Crippen LogP contribution is 2.37. The molecule has 5 nitrogen and oxygen atoms in total. The molecule has 0 aliphatic heterocycles. The average Bonchev–Trinajstić information content (AvgIpc) is 3.48. The first-order valence-corrected chi connectivity index (χ1v) is 10.3. The summed E-state index contributed by atoms with van der Waals surface area (Å²) >= 11 is 0. The fraction of sp³-hybridized carbons (Fsp3) is 0.125. The summed E-state index contributed by atoms with van der Waals surface area (Å²) in [6, 6.07) is 15.1. The molecule has 0 saturated heterocycles. The van der Waals surface area contributed by atoms with Gasteiger partial charge in [0, 0.05) is 11.5 Å². The standard InChI is InChI=1S/C24H15F5N4O/c25-18-17(19(26)21(28)22(29)20(18)27)24(34)31-23-15-9-5-4-6-13(15)10-16(23)32-11-30-33(12-32)14-7-2-1-3-8-14/h1-9,11-12,16,23H,10H2/p+1/t16?,23-/m1/s1. The molecule has 5 rings (SSSR count). The largest absolute Gasteiger partial charge is 0.341 e. The maximum atomic E-state index is 14.2. The molecule has 172 valence electrons. The van der Waals surface area contributed by atoms with Crippen LogP contribution in [0.2, 0.25) is 0 Å². The molecule has 0 spiro atoms. The lowest BCUT2D eigenvalue weighted by Gasteiger charge is -2.20. The van der Waals surface area contributed by atoms with E-state index < -0.39 is 52.6 Å². The summed E-state index contributed by atoms with van der Waals surface area (Å²) in [6.07, 6.45) is 3.69. The summed E-state index contributed by atoms with van der Waals surface area (Å²) in [7, 11) is 0. The van der Waals surface area contributed by atoms with E-state index in [1.165, 1.54) is 0 Å². The highest BCUT2D eigenvalue weighted by Gasteiger charge is 2.39. The van der Waals surface area contributed by atoms with Crippen molar-refractivity contribution in [3.63, 3.8) is 0 Å². The van der Waals surface area contributed by atoms with Crippen molar-refractivity contribution in [1.82, 2.24) is 15.1 Å². The summed E-state index contributed by atoms with van der Waals surface area (Å²) in [5.74, 6) is -12.4. The molecule has 1 aliphatic carbocycles. The van der Waals surface area contributed by atoms with Crippen molar-refractivity contribution in [2.75, 3.05) is 0 Å². The molecule has 4 aromatic rings. The number of nitrogens with one attached hydrogen (secondary N) is 1. The molecule has 1 aliphatic rings. The first-order chi connectivity index (χ1) is 16.4. The van der Waals surface area contributed by atoms with Crippen LogP contribution in [-0.2, 0) is 6.42 Å². The van der Waals surface area contributed by atoms with Crippen LogP contribution >= 0.6 is 0 Å². The van der Waals surface area contributed by atoms with E-state index in [4.69, 9.17) is 0 Å². The minimum absolute atomic E-state index is 0.448. The minimum atomic E-state index is -2.32. The van der Waals surface area contributed by atoms with Gasteiger partial charge in [0.1, 0.15) is 17.3 Å². The van der Waals surface area contributed by atoms with E-state index in [0.717, 1.165) is 11.3 Å². The number of para-hydroxylation sites is 1. The summed E-state index contributed by atoms with van der Waals surface area (Å²) in [5, 5.41) is 6.80. The van der Waals surface area contributed by atoms with Gasteiger partial charge in [0.15, 0.2) is 23.3 Å². The summed E-state index contributed by atoms with van der Waals surface area (Å²) in [4.78, 5) is 12.8. The highest BCUT2D eigenvalue weighted by atomic mass is 19.2. The van der Waals surface area contributed by atoms with Crippen molar-refractivity contribution in [3.8, 4) is 5.69 Å². The number of carbonyl (C=O) groups is 1. The fourth-order valence-corrected chi connectivity index (χ4v) is 4.23. The number of hydrogen-bond acceptors (Lipinski definition) is 2. The van der Waals surface area contributed by atoms with E-state index in [1.807, 2.05) is 42.5 Å². The van der Waals surface area contributed by atoms with Crippen molar-refractivity contribution in [1.29, 1.82) is 0 Å². The molecule has 3 aromatic carbocycles. The lowest BCUT2D eigenvalue weighted by Crippen LogP contribution is -2.45. The second kappa shape index (κ2) is 8.36. The van der Waals surface area contributed by atoms with Crippen LogP contribution in [-0.4, -0.2) is 15.7 Å². The second-order valence-electron chi connectivity index (χ2n) is 7.84. The van der Waals surface area contributed by atoms with Crippen molar-refractivity contribution < 1.29 is 31.3 Å². The lowest BCUT2D eigenvalue weighted by molar-refractivity contribution is -0.725. The van der Waals surface area contributed by atoms with Crippen molar-refractivity contribution in [2.45, 2.75) is 18.5 Å². The Hall–Kier alpha value is -4.08. The number of amides is 1. The summed E-state index contributed by atoms with van der Waals surface area (Å²) in [6.45, 7) is 0. The molecular weight excluding hydrogens is 455 g/mol. The van der Waals surface area contributed by atoms with Gasteiger partial charge in [-0.2, -0.15) is 0 Å². The van der Waals surface area contributed by atoms with Crippen LogP contribution in [0.15, 0.2) is 67.3 Å². The number of rotatable bonds is 4. The van der Waals surface area contributed by atoms with E-state index in [2.05, 4.69) is 10.4 Å². The SMILES string of the molecule is O=C(N[C@@H]1c2ccccc2CC1[n+]1cnn(-c2ccccc2)c1)c1c(F)c(F)c(F)c(F)c1F. The van der Waals surface area contributed by atoms with Gasteiger partial charge in [-0.3, -0.25) is 4.79 Å². The average molecular weight is 471 g/mol. The van der Waals surface area contributed by atoms with Gasteiger partial charge in [-0.1, -0.05) is 47.1 Å². The monoisotopic (exact) mass is 471 g/mol. The molecule has 1 aromatic heterocycles. The Labute approximate surface area is 190 Å². The molecule has 1 heterocycles. The van der Waals surface area contributed by atoms with E-state index in [0.29, 0.717) is 12.0 Å². The number of aromatic nitrogens is 3. The van der Waals surface area contributed by atoms with Crippen LogP contribution in [0.4, 0.5) is 22.0 Å². The third-order valence-corrected chi connectivity index (χ3v) is 5.88. The normalized spacial score (nSPS) is 17.0. The topological polar surface area (TPSA) is 50.8 Å². The van der Waals surface area contributed by atoms with Gasteiger partial charge in [0.05, 0.1) is 6.04 Å². The molecule has 34 heavy (non-hydrogen) atoms. The maximum Gasteiger partial charge on any atom is 0.265 e. The molecule has 10 heteroatoms. The third kappa shape index (κ3) is 3.51. The predicted molar refractivity (Wildman–Crippen MR) is 109 cm³/mol. The minimum Gasteiger partial charge on any atom is -0.341 e. The van der Waals surface area contributed by atoms with Gasteiger partial charge < -0.3 is 5.32 Å². The van der Waals surface area contributed by atoms with Crippen LogP contribution in [0.25, 0.3) is 5.69 Å². The smallest absolute Gasteiger partial charge is 0.265 e. The maximum absolute atomic E-state index is 14.2. The van der Waals surface area contributed by atoms with Crippen molar-refractivity contribution in [2.24, 2.45) is 0 Å². The Morgan fingerprint density at radius 2 is 1.50 bits per heavy atom. The molecule has 2 atom stereocenters. The van der Waals surface area contributed by atoms with Crippen molar-refractivity contribution >= 4 is 5.91 Å². The van der Waals surface area contributed by atoms with Crippen LogP contribution in [0.5, 0.6) is 0 Å². The molecule has 0 bridgehead atoms. The van der Waals surface area contributed by atoms with E-state index in [-0.39, 0.29) is 0 Å². The van der Waals surface area contributed by atoms with Crippen molar-refractivity contribution in [3.05, 3.63) is 113 Å². The van der Waals surface area contributed by atoms with Gasteiger partial charge in [0.2, 0.25) is 12.1 Å². The Bertz CT molecular complexity index is 1380. The number of fused-ring (bicyclic) bond motifs is 1. The summed E-state index contributed by atoms with van der Waals surface area (Å²) < 4.78 is 72.6. The van der Waals surface area contributed by atoms with E-state index in [1.54, 1.807) is 34.0 Å². The molecule has 1 N–H and O–H groups in total. The first-order valence-electron chi connectivity index (χ1n) is 10.3. The Balaban J connectivity index is 1.52. The summed E-state index contributed by atoms with van der Waals surface area (Å²) in [5.41, 5.74) is 0.808. The molecule has 0 radical (unpaired) electrons. The fourth-order valence-electron chi connectivity index (χ4n) is 4.23. The van der Waals surface area contributed by atoms with Crippen LogP contribution < -0.4 is 9.88 Å². The van der Waals surface area contributed by atoms with E-state index >= 15 is 0 Å². The molecular formula is C24H16F5N4O+. The molecule has 1 unspecified atom stereocenters. The number of carbonyl (C=O) groups excluding carboxylic acids is 1. The Kier molecular flexibility index (Phi) is 5.35. The predicted octanol–water partition coefficient (Wildman–Crippen LogP) is 4.12. The second-order valence-corrected chi connectivity index (χ2v) is 7.84. The molecule has 0 saturated carbocycles. The number of benzene rings is 3. The highest BCUT2D eigenvalue weighted by molar-refractivity contribution is 5.95. The number of nitrogens with zero attached hydrogens (tertiary/aromatic N) is 3. The number of halogens is 5. The van der Waals surface area contributed by atoms with Crippen LogP contribution in [0, 0.1) is 29.1 Å². The number of hydrogen-bond donors (Lipinski definition) is 1. The Morgan fingerprint density at radius 3 is 2.21 bits per heavy atom. The van der Waals surface area contributed by atoms with Gasteiger partial charge in [0.25, 0.3) is 12.2 Å². The zero-order valence-corrected chi connectivity index (χ0v) is 17.4. The van der Waals surface area contributed by atoms with Gasteiger partial charge >= 0.3 is 0 Å². The quantitative estimate of drug-likeness (QED) is 0.211. The molecule has 0 fully saturated rings. The van der Waals surface area contributed by atoms with E-state index in [9.17, 15) is 26.7 Å². The van der Waals surface area contributed by atoms with Gasteiger partial charge in [-0.25, -0.2) is 26.5 Å². The first kappa shape index (κ1) is 21.7.